The summed E-state index contributed by atoms with van der Waals surface area (Å²) in [6.45, 7) is 1.38. The summed E-state index contributed by atoms with van der Waals surface area (Å²) in [4.78, 5) is 12.0. The van der Waals surface area contributed by atoms with Crippen LogP contribution >= 0.6 is 23.2 Å². The van der Waals surface area contributed by atoms with Crippen LogP contribution in [-0.4, -0.2) is 20.4 Å². The Kier molecular flexibility index (Phi) is 5.82. The molecule has 0 aromatic heterocycles. The van der Waals surface area contributed by atoms with Crippen molar-refractivity contribution in [1.82, 2.24) is 4.72 Å². The predicted octanol–water partition coefficient (Wildman–Crippen LogP) is 3.44. The molecule has 24 heavy (non-hydrogen) atoms. The third kappa shape index (κ3) is 4.67. The van der Waals surface area contributed by atoms with Crippen molar-refractivity contribution in [2.45, 2.75) is 17.9 Å². The molecule has 0 aliphatic heterocycles. The topological polar surface area (TPSA) is 75.3 Å². The van der Waals surface area contributed by atoms with Crippen LogP contribution in [0.5, 0.6) is 0 Å². The molecule has 0 saturated carbocycles. The summed E-state index contributed by atoms with van der Waals surface area (Å²) in [5.41, 5.74) is 0.305. The van der Waals surface area contributed by atoms with Gasteiger partial charge in [0, 0.05) is 5.02 Å². The summed E-state index contributed by atoms with van der Waals surface area (Å²) < 4.78 is 39.4. The van der Waals surface area contributed by atoms with Gasteiger partial charge in [-0.1, -0.05) is 23.2 Å². The summed E-state index contributed by atoms with van der Waals surface area (Å²) >= 11 is 11.7. The highest BCUT2D eigenvalue weighted by atomic mass is 35.5. The fourth-order valence-electron chi connectivity index (χ4n) is 1.80. The fraction of sp³-hybridized carbons (Fsp3) is 0.133. The van der Waals surface area contributed by atoms with E-state index in [1.165, 1.54) is 25.1 Å². The van der Waals surface area contributed by atoms with Crippen LogP contribution in [0.25, 0.3) is 0 Å². The normalized spacial score (nSPS) is 12.7. The molecule has 0 aliphatic carbocycles. The summed E-state index contributed by atoms with van der Waals surface area (Å²) in [7, 11) is -3.96. The number of carbonyl (C=O) groups is 1. The average molecular weight is 391 g/mol. The van der Waals surface area contributed by atoms with Gasteiger partial charge in [0.15, 0.2) is 0 Å². The maximum Gasteiger partial charge on any atom is 0.242 e. The first-order valence-corrected chi connectivity index (χ1v) is 8.97. The smallest absolute Gasteiger partial charge is 0.242 e. The van der Waals surface area contributed by atoms with Crippen LogP contribution in [-0.2, 0) is 14.8 Å². The van der Waals surface area contributed by atoms with Crippen molar-refractivity contribution in [2.24, 2.45) is 0 Å². The minimum atomic E-state index is -3.96. The molecule has 0 aliphatic rings. The van der Waals surface area contributed by atoms with E-state index in [1.807, 2.05) is 0 Å². The van der Waals surface area contributed by atoms with Gasteiger partial charge in [-0.15, -0.1) is 0 Å². The fourth-order valence-corrected chi connectivity index (χ4v) is 3.46. The lowest BCUT2D eigenvalue weighted by molar-refractivity contribution is -0.117. The number of anilines is 1. The van der Waals surface area contributed by atoms with Gasteiger partial charge in [0.1, 0.15) is 5.82 Å². The van der Waals surface area contributed by atoms with Crippen LogP contribution < -0.4 is 10.0 Å². The minimum absolute atomic E-state index is 0.145. The van der Waals surface area contributed by atoms with Crippen molar-refractivity contribution < 1.29 is 17.6 Å². The van der Waals surface area contributed by atoms with Crippen molar-refractivity contribution in [2.75, 3.05) is 5.32 Å². The Labute approximate surface area is 148 Å². The Balaban J connectivity index is 2.09. The van der Waals surface area contributed by atoms with E-state index in [-0.39, 0.29) is 9.92 Å². The SMILES string of the molecule is C[C@@H](NS(=O)(=O)c1ccc(F)cc1)C(=O)Nc1ccc(Cl)cc1Cl. The quantitative estimate of drug-likeness (QED) is 0.820. The van der Waals surface area contributed by atoms with Gasteiger partial charge in [-0.25, -0.2) is 12.8 Å². The van der Waals surface area contributed by atoms with Crippen molar-refractivity contribution in [3.63, 3.8) is 0 Å². The predicted molar refractivity (Wildman–Crippen MR) is 91.3 cm³/mol. The Morgan fingerprint density at radius 2 is 1.75 bits per heavy atom. The molecule has 0 saturated heterocycles. The van der Waals surface area contributed by atoms with Gasteiger partial charge >= 0.3 is 0 Å². The number of hydrogen-bond donors (Lipinski definition) is 2. The summed E-state index contributed by atoms with van der Waals surface area (Å²) in [6, 6.07) is 7.68. The molecule has 0 unspecified atom stereocenters. The van der Waals surface area contributed by atoms with E-state index in [9.17, 15) is 17.6 Å². The summed E-state index contributed by atoms with van der Waals surface area (Å²) in [5, 5.41) is 3.14. The number of halogens is 3. The van der Waals surface area contributed by atoms with E-state index in [4.69, 9.17) is 23.2 Å². The number of hydrogen-bond acceptors (Lipinski definition) is 3. The summed E-state index contributed by atoms with van der Waals surface area (Å²) in [5.74, 6) is -1.16. The van der Waals surface area contributed by atoms with Gasteiger partial charge in [-0.2, -0.15) is 4.72 Å². The molecule has 2 aromatic rings. The molecule has 1 atom stereocenters. The maximum absolute atomic E-state index is 12.9. The van der Waals surface area contributed by atoms with E-state index in [0.717, 1.165) is 24.3 Å². The van der Waals surface area contributed by atoms with Crippen LogP contribution in [0.2, 0.25) is 10.0 Å². The molecular weight excluding hydrogens is 378 g/mol. The molecular formula is C15H13Cl2FN2O3S. The van der Waals surface area contributed by atoms with Crippen LogP contribution in [0.4, 0.5) is 10.1 Å². The van der Waals surface area contributed by atoms with E-state index in [2.05, 4.69) is 10.0 Å². The molecule has 0 radical (unpaired) electrons. The number of amides is 1. The third-order valence-corrected chi connectivity index (χ3v) is 5.14. The lowest BCUT2D eigenvalue weighted by Gasteiger charge is -2.15. The van der Waals surface area contributed by atoms with E-state index in [0.29, 0.717) is 10.7 Å². The zero-order valence-corrected chi connectivity index (χ0v) is 14.7. The highest BCUT2D eigenvalue weighted by molar-refractivity contribution is 7.89. The first kappa shape index (κ1) is 18.7. The number of sulfonamides is 1. The standard InChI is InChI=1S/C15H13Cl2FN2O3S/c1-9(15(21)19-14-7-2-10(16)8-13(14)17)20-24(22,23)12-5-3-11(18)4-6-12/h2-9,20H,1H3,(H,19,21)/t9-/m1/s1. The molecule has 1 amide bonds. The monoisotopic (exact) mass is 390 g/mol. The van der Waals surface area contributed by atoms with Gasteiger partial charge in [0.2, 0.25) is 15.9 Å². The highest BCUT2D eigenvalue weighted by Crippen LogP contribution is 2.25. The van der Waals surface area contributed by atoms with Crippen LogP contribution in [0.3, 0.4) is 0 Å². The lowest BCUT2D eigenvalue weighted by atomic mass is 10.3. The lowest BCUT2D eigenvalue weighted by Crippen LogP contribution is -2.41. The Morgan fingerprint density at radius 3 is 2.33 bits per heavy atom. The zero-order chi connectivity index (χ0) is 17.9. The van der Waals surface area contributed by atoms with Crippen molar-refractivity contribution >= 4 is 44.8 Å². The average Bonchev–Trinajstić information content (AvgIpc) is 2.50. The Bertz CT molecular complexity index is 858. The van der Waals surface area contributed by atoms with E-state index < -0.39 is 27.8 Å². The molecule has 9 heteroatoms. The highest BCUT2D eigenvalue weighted by Gasteiger charge is 2.22. The third-order valence-electron chi connectivity index (χ3n) is 3.04. The molecule has 2 aromatic carbocycles. The zero-order valence-electron chi connectivity index (χ0n) is 12.4. The van der Waals surface area contributed by atoms with Crippen LogP contribution in [0, 0.1) is 5.82 Å². The molecule has 0 bridgehead atoms. The molecule has 5 nitrogen and oxygen atoms in total. The molecule has 2 rings (SSSR count). The molecule has 0 heterocycles. The first-order chi connectivity index (χ1) is 11.2. The first-order valence-electron chi connectivity index (χ1n) is 6.73. The second-order valence-electron chi connectivity index (χ2n) is 4.91. The van der Waals surface area contributed by atoms with Gasteiger partial charge < -0.3 is 5.32 Å². The van der Waals surface area contributed by atoms with Crippen molar-refractivity contribution in [1.29, 1.82) is 0 Å². The second kappa shape index (κ2) is 7.48. The number of nitrogens with one attached hydrogen (secondary N) is 2. The Hall–Kier alpha value is -1.67. The Morgan fingerprint density at radius 1 is 1.12 bits per heavy atom. The molecule has 128 valence electrons. The molecule has 2 N–H and O–H groups in total. The van der Waals surface area contributed by atoms with Crippen molar-refractivity contribution in [3.8, 4) is 0 Å². The summed E-state index contributed by atoms with van der Waals surface area (Å²) in [6.07, 6.45) is 0. The van der Waals surface area contributed by atoms with Crippen LogP contribution in [0.15, 0.2) is 47.4 Å². The van der Waals surface area contributed by atoms with E-state index in [1.54, 1.807) is 0 Å². The van der Waals surface area contributed by atoms with Gasteiger partial charge in [-0.05, 0) is 49.4 Å². The molecule has 0 fully saturated rings. The van der Waals surface area contributed by atoms with Gasteiger partial charge in [0.25, 0.3) is 0 Å². The largest absolute Gasteiger partial charge is 0.323 e. The second-order valence-corrected chi connectivity index (χ2v) is 7.47. The number of rotatable bonds is 5. The van der Waals surface area contributed by atoms with Crippen molar-refractivity contribution in [3.05, 3.63) is 58.3 Å². The van der Waals surface area contributed by atoms with E-state index >= 15 is 0 Å². The van der Waals surface area contributed by atoms with Crippen LogP contribution in [0.1, 0.15) is 6.92 Å². The number of carbonyl (C=O) groups excluding carboxylic acids is 1. The number of benzene rings is 2. The molecule has 0 spiro atoms. The van der Waals surface area contributed by atoms with Gasteiger partial charge in [0.05, 0.1) is 21.6 Å². The van der Waals surface area contributed by atoms with Gasteiger partial charge in [-0.3, -0.25) is 4.79 Å². The maximum atomic E-state index is 12.9. The minimum Gasteiger partial charge on any atom is -0.323 e.